The van der Waals surface area contributed by atoms with Gasteiger partial charge in [0.15, 0.2) is 0 Å². The summed E-state index contributed by atoms with van der Waals surface area (Å²) in [6.07, 6.45) is 1.01. The van der Waals surface area contributed by atoms with Crippen LogP contribution in [0.3, 0.4) is 0 Å². The smallest absolute Gasteiger partial charge is 0.404 e. The molecule has 0 aromatic rings. The Morgan fingerprint density at radius 3 is 2.69 bits per heavy atom. The lowest BCUT2D eigenvalue weighted by Gasteiger charge is -2.12. The normalized spacial score (nSPS) is 15.0. The van der Waals surface area contributed by atoms with Gasteiger partial charge in [-0.1, -0.05) is 0 Å². The second-order valence-electron chi connectivity index (χ2n) is 3.20. The largest absolute Gasteiger partial charge is 0.465 e. The maximum absolute atomic E-state index is 11.9. The molecule has 0 aliphatic heterocycles. The molecule has 2 atom stereocenters. The molecule has 0 aromatic carbocycles. The number of rotatable bonds is 6. The summed E-state index contributed by atoms with van der Waals surface area (Å²) in [5.41, 5.74) is 5.35. The molecule has 5 heteroatoms. The minimum absolute atomic E-state index is 0.0932. The second kappa shape index (κ2) is 6.65. The molecule has 4 nitrogen and oxygen atoms in total. The van der Waals surface area contributed by atoms with Crippen LogP contribution in [0.1, 0.15) is 26.2 Å². The molecule has 0 aromatic heterocycles. The molecule has 4 N–H and O–H groups in total. The van der Waals surface area contributed by atoms with Crippen molar-refractivity contribution in [3.05, 3.63) is 0 Å². The van der Waals surface area contributed by atoms with Crippen LogP contribution in [0.2, 0.25) is 0 Å². The monoisotopic (exact) mass is 192 g/mol. The van der Waals surface area contributed by atoms with Crippen LogP contribution in [-0.2, 0) is 0 Å². The fourth-order valence-corrected chi connectivity index (χ4v) is 1.05. The van der Waals surface area contributed by atoms with E-state index >= 15 is 0 Å². The van der Waals surface area contributed by atoms with Crippen molar-refractivity contribution in [2.75, 3.05) is 6.67 Å². The number of alkyl halides is 1. The lowest BCUT2D eigenvalue weighted by molar-refractivity contribution is 0.190. The summed E-state index contributed by atoms with van der Waals surface area (Å²) in [5.74, 6) is 0. The van der Waals surface area contributed by atoms with E-state index in [-0.39, 0.29) is 6.04 Å². The Balaban J connectivity index is 3.36. The molecular weight excluding hydrogens is 175 g/mol. The van der Waals surface area contributed by atoms with E-state index in [1.54, 1.807) is 6.92 Å². The lowest BCUT2D eigenvalue weighted by Crippen LogP contribution is -2.31. The summed E-state index contributed by atoms with van der Waals surface area (Å²) in [6, 6.07) is -0.499. The van der Waals surface area contributed by atoms with E-state index in [4.69, 9.17) is 10.8 Å². The maximum atomic E-state index is 11.9. The van der Waals surface area contributed by atoms with Gasteiger partial charge in [-0.2, -0.15) is 0 Å². The number of nitrogens with two attached hydrogens (primary N) is 1. The van der Waals surface area contributed by atoms with E-state index < -0.39 is 18.8 Å². The fraction of sp³-hybridized carbons (Fsp3) is 0.875. The third-order valence-corrected chi connectivity index (χ3v) is 1.78. The highest BCUT2D eigenvalue weighted by atomic mass is 19.1. The van der Waals surface area contributed by atoms with Crippen molar-refractivity contribution in [1.29, 1.82) is 0 Å². The van der Waals surface area contributed by atoms with E-state index in [0.717, 1.165) is 6.42 Å². The Morgan fingerprint density at radius 2 is 2.23 bits per heavy atom. The minimum Gasteiger partial charge on any atom is -0.465 e. The van der Waals surface area contributed by atoms with Crippen LogP contribution in [0.25, 0.3) is 0 Å². The van der Waals surface area contributed by atoms with Crippen LogP contribution in [-0.4, -0.2) is 30.0 Å². The summed E-state index contributed by atoms with van der Waals surface area (Å²) >= 11 is 0. The van der Waals surface area contributed by atoms with Gasteiger partial charge in [0, 0.05) is 12.1 Å². The van der Waals surface area contributed by atoms with Crippen LogP contribution in [0, 0.1) is 0 Å². The van der Waals surface area contributed by atoms with E-state index in [2.05, 4.69) is 5.32 Å². The van der Waals surface area contributed by atoms with Gasteiger partial charge < -0.3 is 16.2 Å². The third-order valence-electron chi connectivity index (χ3n) is 1.78. The molecule has 0 spiro atoms. The van der Waals surface area contributed by atoms with Crippen molar-refractivity contribution >= 4 is 6.09 Å². The van der Waals surface area contributed by atoms with Crippen LogP contribution < -0.4 is 11.1 Å². The van der Waals surface area contributed by atoms with Gasteiger partial charge in [-0.05, 0) is 26.2 Å². The Hall–Kier alpha value is -0.840. The van der Waals surface area contributed by atoms with Crippen molar-refractivity contribution in [2.24, 2.45) is 5.73 Å². The van der Waals surface area contributed by atoms with E-state index in [1.165, 1.54) is 0 Å². The molecule has 13 heavy (non-hydrogen) atoms. The summed E-state index contributed by atoms with van der Waals surface area (Å²) in [5, 5.41) is 10.7. The van der Waals surface area contributed by atoms with Gasteiger partial charge in [0.25, 0.3) is 0 Å². The Kier molecular flexibility index (Phi) is 6.22. The van der Waals surface area contributed by atoms with Crippen LogP contribution in [0.4, 0.5) is 9.18 Å². The predicted octanol–water partition coefficient (Wildman–Crippen LogP) is 1.11. The summed E-state index contributed by atoms with van der Waals surface area (Å²) in [4.78, 5) is 10.2. The standard InChI is InChI=1S/C8H17FN2O2/c1-6(11-8(12)13)3-2-4-7(10)5-9/h6-7,11H,2-5,10H2,1H3,(H,12,13). The Morgan fingerprint density at radius 1 is 1.62 bits per heavy atom. The van der Waals surface area contributed by atoms with Crippen molar-refractivity contribution < 1.29 is 14.3 Å². The molecular formula is C8H17FN2O2. The number of hydrogen-bond donors (Lipinski definition) is 3. The molecule has 0 radical (unpaired) electrons. The summed E-state index contributed by atoms with van der Waals surface area (Å²) in [6.45, 7) is 1.26. The van der Waals surface area contributed by atoms with Crippen LogP contribution in [0.5, 0.6) is 0 Å². The fourth-order valence-electron chi connectivity index (χ4n) is 1.05. The zero-order valence-electron chi connectivity index (χ0n) is 7.79. The first-order valence-electron chi connectivity index (χ1n) is 4.37. The highest BCUT2D eigenvalue weighted by molar-refractivity contribution is 5.64. The molecule has 0 aliphatic carbocycles. The van der Waals surface area contributed by atoms with Crippen molar-refractivity contribution in [3.63, 3.8) is 0 Å². The van der Waals surface area contributed by atoms with E-state index in [1.807, 2.05) is 0 Å². The number of nitrogens with one attached hydrogen (secondary N) is 1. The average Bonchev–Trinajstić information content (AvgIpc) is 2.02. The van der Waals surface area contributed by atoms with Gasteiger partial charge in [0.05, 0.1) is 0 Å². The van der Waals surface area contributed by atoms with Gasteiger partial charge in [0.2, 0.25) is 0 Å². The highest BCUT2D eigenvalue weighted by Crippen LogP contribution is 2.03. The molecule has 0 heterocycles. The molecule has 1 amide bonds. The number of carboxylic acid groups (broad SMARTS) is 1. The Labute approximate surface area is 77.3 Å². The van der Waals surface area contributed by atoms with Crippen LogP contribution in [0.15, 0.2) is 0 Å². The zero-order chi connectivity index (χ0) is 10.3. The van der Waals surface area contributed by atoms with E-state index in [9.17, 15) is 9.18 Å². The van der Waals surface area contributed by atoms with Crippen molar-refractivity contribution in [3.8, 4) is 0 Å². The highest BCUT2D eigenvalue weighted by Gasteiger charge is 2.06. The molecule has 0 bridgehead atoms. The molecule has 0 saturated heterocycles. The Bertz CT molecular complexity index is 155. The average molecular weight is 192 g/mol. The lowest BCUT2D eigenvalue weighted by atomic mass is 10.1. The number of halogens is 1. The second-order valence-corrected chi connectivity index (χ2v) is 3.20. The minimum atomic E-state index is -1.03. The first-order valence-corrected chi connectivity index (χ1v) is 4.37. The van der Waals surface area contributed by atoms with Crippen LogP contribution >= 0.6 is 0 Å². The SMILES string of the molecule is CC(CCCC(N)CF)NC(=O)O. The molecule has 0 rings (SSSR count). The topological polar surface area (TPSA) is 75.3 Å². The first kappa shape index (κ1) is 12.2. The van der Waals surface area contributed by atoms with Crippen molar-refractivity contribution in [2.45, 2.75) is 38.3 Å². The number of carbonyl (C=O) groups is 1. The van der Waals surface area contributed by atoms with Gasteiger partial charge in [-0.3, -0.25) is 0 Å². The van der Waals surface area contributed by atoms with Crippen molar-refractivity contribution in [1.82, 2.24) is 5.32 Å². The van der Waals surface area contributed by atoms with Gasteiger partial charge in [-0.15, -0.1) is 0 Å². The molecule has 78 valence electrons. The van der Waals surface area contributed by atoms with Gasteiger partial charge >= 0.3 is 6.09 Å². The summed E-state index contributed by atoms with van der Waals surface area (Å²) < 4.78 is 11.9. The van der Waals surface area contributed by atoms with Gasteiger partial charge in [-0.25, -0.2) is 9.18 Å². The number of amides is 1. The maximum Gasteiger partial charge on any atom is 0.404 e. The quantitative estimate of drug-likeness (QED) is 0.590. The van der Waals surface area contributed by atoms with E-state index in [0.29, 0.717) is 12.8 Å². The first-order chi connectivity index (χ1) is 6.06. The molecule has 0 aliphatic rings. The molecule has 2 unspecified atom stereocenters. The molecule has 0 saturated carbocycles. The third kappa shape index (κ3) is 7.52. The molecule has 0 fully saturated rings. The zero-order valence-corrected chi connectivity index (χ0v) is 7.79. The summed E-state index contributed by atoms with van der Waals surface area (Å²) in [7, 11) is 0. The number of hydrogen-bond acceptors (Lipinski definition) is 2. The predicted molar refractivity (Wildman–Crippen MR) is 48.4 cm³/mol. The van der Waals surface area contributed by atoms with Gasteiger partial charge in [0.1, 0.15) is 6.67 Å².